The lowest BCUT2D eigenvalue weighted by atomic mass is 9.57. The highest BCUT2D eigenvalue weighted by Crippen LogP contribution is 2.50. The van der Waals surface area contributed by atoms with Gasteiger partial charge in [0.25, 0.3) is 0 Å². The molecule has 2 amide bonds. The highest BCUT2D eigenvalue weighted by atomic mass is 16.2. The average Bonchev–Trinajstić information content (AvgIpc) is 2.16. The molecule has 3 N–H and O–H groups in total. The molecule has 0 aromatic rings. The SMILES string of the molecule is CNC(=O)[C@H](CC1CCC1)C1(C(N)=O)CCC1. The number of rotatable bonds is 5. The number of nitrogens with two attached hydrogens (primary N) is 1. The quantitative estimate of drug-likeness (QED) is 0.755. The average molecular weight is 238 g/mol. The fourth-order valence-corrected chi connectivity index (χ4v) is 3.14. The molecule has 0 aromatic heterocycles. The molecule has 0 spiro atoms. The molecule has 0 bridgehead atoms. The smallest absolute Gasteiger partial charge is 0.224 e. The molecule has 2 aliphatic carbocycles. The van der Waals surface area contributed by atoms with Crippen LogP contribution in [0.25, 0.3) is 0 Å². The third kappa shape index (κ3) is 2.05. The third-order valence-electron chi connectivity index (χ3n) is 4.76. The van der Waals surface area contributed by atoms with Gasteiger partial charge in [-0.2, -0.15) is 0 Å². The molecule has 2 rings (SSSR count). The third-order valence-corrected chi connectivity index (χ3v) is 4.76. The molecule has 4 heteroatoms. The van der Waals surface area contributed by atoms with E-state index >= 15 is 0 Å². The molecule has 0 aliphatic heterocycles. The van der Waals surface area contributed by atoms with Crippen molar-refractivity contribution < 1.29 is 9.59 Å². The first-order valence-electron chi connectivity index (χ1n) is 6.61. The molecule has 2 saturated carbocycles. The zero-order valence-electron chi connectivity index (χ0n) is 10.5. The summed E-state index contributed by atoms with van der Waals surface area (Å²) in [6.07, 6.45) is 7.07. The molecule has 0 radical (unpaired) electrons. The normalized spacial score (nSPS) is 24.3. The maximum atomic E-state index is 12.0. The number of hydrogen-bond acceptors (Lipinski definition) is 2. The van der Waals surface area contributed by atoms with Crippen LogP contribution in [0.15, 0.2) is 0 Å². The first kappa shape index (κ1) is 12.4. The summed E-state index contributed by atoms with van der Waals surface area (Å²) in [6, 6.07) is 0. The Morgan fingerprint density at radius 2 is 2.00 bits per heavy atom. The van der Waals surface area contributed by atoms with Crippen molar-refractivity contribution in [3.8, 4) is 0 Å². The zero-order chi connectivity index (χ0) is 12.5. The molecule has 0 unspecified atom stereocenters. The molecule has 0 saturated heterocycles. The van der Waals surface area contributed by atoms with E-state index in [-0.39, 0.29) is 17.7 Å². The van der Waals surface area contributed by atoms with Gasteiger partial charge in [-0.25, -0.2) is 0 Å². The second-order valence-electron chi connectivity index (χ2n) is 5.57. The molecule has 2 aliphatic rings. The molecule has 96 valence electrons. The summed E-state index contributed by atoms with van der Waals surface area (Å²) in [5.41, 5.74) is 5.00. The monoisotopic (exact) mass is 238 g/mol. The Kier molecular flexibility index (Phi) is 3.40. The predicted molar refractivity (Wildman–Crippen MR) is 65.0 cm³/mol. The van der Waals surface area contributed by atoms with Gasteiger partial charge < -0.3 is 11.1 Å². The summed E-state index contributed by atoms with van der Waals surface area (Å²) in [7, 11) is 1.64. The van der Waals surface area contributed by atoms with Crippen LogP contribution in [-0.4, -0.2) is 18.9 Å². The van der Waals surface area contributed by atoms with E-state index in [0.29, 0.717) is 5.92 Å². The van der Waals surface area contributed by atoms with Gasteiger partial charge in [0.1, 0.15) is 0 Å². The lowest BCUT2D eigenvalue weighted by Crippen LogP contribution is -2.53. The molecule has 0 aromatic carbocycles. The fourth-order valence-electron chi connectivity index (χ4n) is 3.14. The predicted octanol–water partition coefficient (Wildman–Crippen LogP) is 1.19. The van der Waals surface area contributed by atoms with Gasteiger partial charge in [-0.05, 0) is 25.2 Å². The van der Waals surface area contributed by atoms with Crippen LogP contribution in [0.1, 0.15) is 44.9 Å². The first-order chi connectivity index (χ1) is 8.10. The van der Waals surface area contributed by atoms with Gasteiger partial charge in [-0.3, -0.25) is 9.59 Å². The van der Waals surface area contributed by atoms with Crippen LogP contribution in [0, 0.1) is 17.3 Å². The number of amides is 2. The molecule has 2 fully saturated rings. The van der Waals surface area contributed by atoms with Gasteiger partial charge in [-0.15, -0.1) is 0 Å². The van der Waals surface area contributed by atoms with Crippen LogP contribution in [-0.2, 0) is 9.59 Å². The van der Waals surface area contributed by atoms with Crippen molar-refractivity contribution in [1.82, 2.24) is 5.32 Å². The van der Waals surface area contributed by atoms with Crippen LogP contribution in [0.5, 0.6) is 0 Å². The standard InChI is InChI=1S/C13H22N2O2/c1-15-11(16)10(8-9-4-2-5-9)13(12(14)17)6-3-7-13/h9-10H,2-8H2,1H3,(H2,14,17)(H,15,16)/t10-/m0/s1. The Balaban J connectivity index is 2.12. The Hall–Kier alpha value is -1.06. The van der Waals surface area contributed by atoms with Gasteiger partial charge >= 0.3 is 0 Å². The van der Waals surface area contributed by atoms with E-state index in [1.807, 2.05) is 0 Å². The number of nitrogens with one attached hydrogen (secondary N) is 1. The maximum Gasteiger partial charge on any atom is 0.224 e. The van der Waals surface area contributed by atoms with Crippen molar-refractivity contribution in [2.75, 3.05) is 7.05 Å². The molecule has 17 heavy (non-hydrogen) atoms. The Labute approximate surface area is 102 Å². The Bertz CT molecular complexity index is 319. The van der Waals surface area contributed by atoms with E-state index in [1.54, 1.807) is 7.05 Å². The van der Waals surface area contributed by atoms with Crippen molar-refractivity contribution >= 4 is 11.8 Å². The van der Waals surface area contributed by atoms with Crippen LogP contribution >= 0.6 is 0 Å². The highest BCUT2D eigenvalue weighted by molar-refractivity contribution is 5.90. The Morgan fingerprint density at radius 1 is 1.35 bits per heavy atom. The molecule has 0 heterocycles. The summed E-state index contributed by atoms with van der Waals surface area (Å²) >= 11 is 0. The maximum absolute atomic E-state index is 12.0. The first-order valence-corrected chi connectivity index (χ1v) is 6.61. The van der Waals surface area contributed by atoms with E-state index in [0.717, 1.165) is 25.7 Å². The van der Waals surface area contributed by atoms with Gasteiger partial charge in [0.05, 0.1) is 11.3 Å². The molecular formula is C13H22N2O2. The summed E-state index contributed by atoms with van der Waals surface area (Å²) in [5.74, 6) is 0.130. The molecule has 1 atom stereocenters. The fraction of sp³-hybridized carbons (Fsp3) is 0.846. The number of primary amides is 1. The van der Waals surface area contributed by atoms with E-state index in [4.69, 9.17) is 5.73 Å². The second-order valence-corrected chi connectivity index (χ2v) is 5.57. The van der Waals surface area contributed by atoms with Crippen LogP contribution in [0.2, 0.25) is 0 Å². The summed E-state index contributed by atoms with van der Waals surface area (Å²) in [6.45, 7) is 0. The van der Waals surface area contributed by atoms with Crippen molar-refractivity contribution in [3.05, 3.63) is 0 Å². The van der Waals surface area contributed by atoms with Gasteiger partial charge in [0.2, 0.25) is 11.8 Å². The summed E-state index contributed by atoms with van der Waals surface area (Å²) < 4.78 is 0. The highest BCUT2D eigenvalue weighted by Gasteiger charge is 2.52. The van der Waals surface area contributed by atoms with Gasteiger partial charge in [0.15, 0.2) is 0 Å². The van der Waals surface area contributed by atoms with Crippen molar-refractivity contribution in [3.63, 3.8) is 0 Å². The van der Waals surface area contributed by atoms with Gasteiger partial charge in [0, 0.05) is 7.05 Å². The minimum atomic E-state index is -0.546. The topological polar surface area (TPSA) is 72.2 Å². The zero-order valence-corrected chi connectivity index (χ0v) is 10.5. The van der Waals surface area contributed by atoms with Crippen molar-refractivity contribution in [1.29, 1.82) is 0 Å². The number of hydrogen-bond donors (Lipinski definition) is 2. The minimum Gasteiger partial charge on any atom is -0.369 e. The number of carbonyl (C=O) groups excluding carboxylic acids is 2. The van der Waals surface area contributed by atoms with E-state index < -0.39 is 5.41 Å². The summed E-state index contributed by atoms with van der Waals surface area (Å²) in [4.78, 5) is 23.7. The summed E-state index contributed by atoms with van der Waals surface area (Å²) in [5, 5.41) is 2.70. The second kappa shape index (κ2) is 4.67. The number of carbonyl (C=O) groups is 2. The van der Waals surface area contributed by atoms with Crippen molar-refractivity contribution in [2.24, 2.45) is 23.0 Å². The Morgan fingerprint density at radius 3 is 2.29 bits per heavy atom. The van der Waals surface area contributed by atoms with Gasteiger partial charge in [-0.1, -0.05) is 25.7 Å². The van der Waals surface area contributed by atoms with Crippen LogP contribution < -0.4 is 11.1 Å². The lowest BCUT2D eigenvalue weighted by Gasteiger charge is -2.46. The molecular weight excluding hydrogens is 216 g/mol. The minimum absolute atomic E-state index is 0.00426. The van der Waals surface area contributed by atoms with E-state index in [9.17, 15) is 9.59 Å². The van der Waals surface area contributed by atoms with Crippen LogP contribution in [0.3, 0.4) is 0 Å². The van der Waals surface area contributed by atoms with Crippen LogP contribution in [0.4, 0.5) is 0 Å². The molecule has 4 nitrogen and oxygen atoms in total. The lowest BCUT2D eigenvalue weighted by molar-refractivity contribution is -0.148. The van der Waals surface area contributed by atoms with E-state index in [2.05, 4.69) is 5.32 Å². The van der Waals surface area contributed by atoms with E-state index in [1.165, 1.54) is 19.3 Å². The van der Waals surface area contributed by atoms with Crippen molar-refractivity contribution in [2.45, 2.75) is 44.9 Å². The largest absolute Gasteiger partial charge is 0.369 e.